The fourth-order valence-corrected chi connectivity index (χ4v) is 2.42. The Kier molecular flexibility index (Phi) is 2.32. The van der Waals surface area contributed by atoms with Crippen LogP contribution in [-0.4, -0.2) is 15.0 Å². The Labute approximate surface area is 87.5 Å². The molecule has 0 bridgehead atoms. The van der Waals surface area contributed by atoms with Crippen molar-refractivity contribution in [2.75, 3.05) is 5.73 Å². The Bertz CT molecular complexity index is 370. The summed E-state index contributed by atoms with van der Waals surface area (Å²) in [5.74, 6) is 0.454. The molecule has 6 heteroatoms. The zero-order chi connectivity index (χ0) is 9.26. The molecule has 2 aromatic rings. The van der Waals surface area contributed by atoms with Gasteiger partial charge in [0, 0.05) is 4.88 Å². The summed E-state index contributed by atoms with van der Waals surface area (Å²) in [6.45, 7) is 0.674. The summed E-state index contributed by atoms with van der Waals surface area (Å²) in [6.07, 6.45) is 1.54. The first kappa shape index (κ1) is 8.71. The smallest absolute Gasteiger partial charge is 0.165 e. The third-order valence-electron chi connectivity index (χ3n) is 1.48. The molecule has 0 amide bonds. The monoisotopic (exact) mass is 258 g/mol. The molecule has 2 N–H and O–H groups in total. The van der Waals surface area contributed by atoms with Crippen molar-refractivity contribution in [2.45, 2.75) is 6.54 Å². The average molecular weight is 259 g/mol. The topological polar surface area (TPSA) is 56.7 Å². The first-order chi connectivity index (χ1) is 6.24. The van der Waals surface area contributed by atoms with E-state index < -0.39 is 0 Å². The van der Waals surface area contributed by atoms with Crippen LogP contribution in [0.3, 0.4) is 0 Å². The van der Waals surface area contributed by atoms with Crippen LogP contribution in [0, 0.1) is 0 Å². The highest BCUT2D eigenvalue weighted by atomic mass is 79.9. The van der Waals surface area contributed by atoms with Crippen LogP contribution in [0.5, 0.6) is 0 Å². The third-order valence-corrected chi connectivity index (χ3v) is 3.09. The summed E-state index contributed by atoms with van der Waals surface area (Å²) in [4.78, 5) is 2.77. The first-order valence-corrected chi connectivity index (χ1v) is 5.25. The number of rotatable bonds is 2. The molecule has 68 valence electrons. The van der Waals surface area contributed by atoms with Gasteiger partial charge < -0.3 is 5.73 Å². The Hall–Kier alpha value is -0.880. The predicted molar refractivity (Wildman–Crippen MR) is 55.6 cm³/mol. The van der Waals surface area contributed by atoms with Gasteiger partial charge in [-0.2, -0.15) is 9.90 Å². The Morgan fingerprint density at radius 1 is 1.54 bits per heavy atom. The molecule has 0 aliphatic heterocycles. The van der Waals surface area contributed by atoms with Gasteiger partial charge in [-0.25, -0.2) is 0 Å². The van der Waals surface area contributed by atoms with Gasteiger partial charge in [-0.1, -0.05) is 0 Å². The number of nitrogens with zero attached hydrogens (tertiary/aromatic N) is 3. The highest BCUT2D eigenvalue weighted by Crippen LogP contribution is 2.22. The van der Waals surface area contributed by atoms with E-state index in [0.29, 0.717) is 12.4 Å². The van der Waals surface area contributed by atoms with Crippen LogP contribution < -0.4 is 5.73 Å². The quantitative estimate of drug-likeness (QED) is 0.893. The second-order valence-electron chi connectivity index (χ2n) is 2.51. The summed E-state index contributed by atoms with van der Waals surface area (Å²) in [5.41, 5.74) is 5.44. The van der Waals surface area contributed by atoms with Gasteiger partial charge in [0.15, 0.2) is 5.82 Å². The summed E-state index contributed by atoms with van der Waals surface area (Å²) < 4.78 is 1.11. The van der Waals surface area contributed by atoms with Crippen molar-refractivity contribution in [1.29, 1.82) is 0 Å². The zero-order valence-electron chi connectivity index (χ0n) is 6.64. The van der Waals surface area contributed by atoms with E-state index >= 15 is 0 Å². The third kappa shape index (κ3) is 2.07. The van der Waals surface area contributed by atoms with E-state index in [1.54, 1.807) is 22.3 Å². The van der Waals surface area contributed by atoms with E-state index in [1.165, 1.54) is 4.88 Å². The van der Waals surface area contributed by atoms with Crippen LogP contribution in [0.2, 0.25) is 0 Å². The van der Waals surface area contributed by atoms with Gasteiger partial charge in [0.05, 0.1) is 16.5 Å². The van der Waals surface area contributed by atoms with Crippen LogP contribution in [0.4, 0.5) is 5.82 Å². The molecule has 13 heavy (non-hydrogen) atoms. The molecule has 0 unspecified atom stereocenters. The highest BCUT2D eigenvalue weighted by molar-refractivity contribution is 9.11. The molecule has 0 aliphatic carbocycles. The number of thiophene rings is 1. The molecule has 0 spiro atoms. The minimum absolute atomic E-state index is 0.454. The fraction of sp³-hybridized carbons (Fsp3) is 0.143. The van der Waals surface area contributed by atoms with Crippen molar-refractivity contribution in [3.05, 3.63) is 27.0 Å². The predicted octanol–water partition coefficient (Wildman–Crippen LogP) is 1.73. The molecule has 2 heterocycles. The van der Waals surface area contributed by atoms with E-state index in [-0.39, 0.29) is 0 Å². The highest BCUT2D eigenvalue weighted by Gasteiger charge is 2.00. The molecule has 2 rings (SSSR count). The van der Waals surface area contributed by atoms with Gasteiger partial charge in [0.2, 0.25) is 0 Å². The summed E-state index contributed by atoms with van der Waals surface area (Å²) in [7, 11) is 0. The number of halogens is 1. The van der Waals surface area contributed by atoms with Crippen molar-refractivity contribution in [2.24, 2.45) is 0 Å². The molecule has 2 aromatic heterocycles. The number of hydrogen-bond acceptors (Lipinski definition) is 4. The van der Waals surface area contributed by atoms with Gasteiger partial charge >= 0.3 is 0 Å². The second kappa shape index (κ2) is 3.47. The van der Waals surface area contributed by atoms with Crippen molar-refractivity contribution < 1.29 is 0 Å². The standard InChI is InChI=1S/C7H7BrN4S/c8-6-2-1-5(13-6)4-12-10-3-7(9)11-12/h1-3H,4H2,(H2,9,11). The number of aromatic nitrogens is 3. The number of nitrogen functional groups attached to an aromatic ring is 1. The van der Waals surface area contributed by atoms with Crippen LogP contribution in [0.15, 0.2) is 22.1 Å². The number of hydrogen-bond donors (Lipinski definition) is 1. The molecule has 0 saturated heterocycles. The van der Waals surface area contributed by atoms with Crippen LogP contribution in [0.25, 0.3) is 0 Å². The summed E-state index contributed by atoms with van der Waals surface area (Å²) in [6, 6.07) is 4.04. The van der Waals surface area contributed by atoms with Gasteiger partial charge in [-0.15, -0.1) is 16.4 Å². The van der Waals surface area contributed by atoms with Gasteiger partial charge in [-0.3, -0.25) is 0 Å². The molecule has 0 radical (unpaired) electrons. The van der Waals surface area contributed by atoms with Crippen molar-refractivity contribution in [1.82, 2.24) is 15.0 Å². The van der Waals surface area contributed by atoms with E-state index in [0.717, 1.165) is 3.79 Å². The fourth-order valence-electron chi connectivity index (χ4n) is 0.963. The van der Waals surface area contributed by atoms with Crippen molar-refractivity contribution in [3.63, 3.8) is 0 Å². The Balaban J connectivity index is 2.14. The Morgan fingerprint density at radius 2 is 2.38 bits per heavy atom. The number of anilines is 1. The molecule has 0 saturated carbocycles. The maximum absolute atomic E-state index is 5.44. The lowest BCUT2D eigenvalue weighted by molar-refractivity contribution is 0.598. The van der Waals surface area contributed by atoms with Crippen molar-refractivity contribution >= 4 is 33.1 Å². The van der Waals surface area contributed by atoms with Crippen molar-refractivity contribution in [3.8, 4) is 0 Å². The summed E-state index contributed by atoms with van der Waals surface area (Å²) in [5, 5.41) is 7.98. The molecular formula is C7H7BrN4S. The Morgan fingerprint density at radius 3 is 2.92 bits per heavy atom. The molecule has 0 fully saturated rings. The van der Waals surface area contributed by atoms with Crippen LogP contribution in [0.1, 0.15) is 4.88 Å². The summed E-state index contributed by atoms with van der Waals surface area (Å²) >= 11 is 5.06. The molecule has 0 aliphatic rings. The number of nitrogens with two attached hydrogens (primary N) is 1. The van der Waals surface area contributed by atoms with E-state index in [1.807, 2.05) is 12.1 Å². The zero-order valence-corrected chi connectivity index (χ0v) is 9.05. The maximum Gasteiger partial charge on any atom is 0.165 e. The SMILES string of the molecule is Nc1cnn(Cc2ccc(Br)s2)n1. The molecule has 4 nitrogen and oxygen atoms in total. The molecule has 0 aromatic carbocycles. The lowest BCUT2D eigenvalue weighted by atomic mass is 10.5. The minimum atomic E-state index is 0.454. The normalized spacial score (nSPS) is 10.5. The van der Waals surface area contributed by atoms with E-state index in [4.69, 9.17) is 5.73 Å². The van der Waals surface area contributed by atoms with Gasteiger partial charge in [0.25, 0.3) is 0 Å². The maximum atomic E-state index is 5.44. The molecular weight excluding hydrogens is 252 g/mol. The minimum Gasteiger partial charge on any atom is -0.381 e. The average Bonchev–Trinajstić information content (AvgIpc) is 2.62. The van der Waals surface area contributed by atoms with E-state index in [2.05, 4.69) is 26.1 Å². The first-order valence-electron chi connectivity index (χ1n) is 3.64. The lowest BCUT2D eigenvalue weighted by Crippen LogP contribution is -2.02. The van der Waals surface area contributed by atoms with Gasteiger partial charge in [0.1, 0.15) is 0 Å². The van der Waals surface area contributed by atoms with Crippen LogP contribution >= 0.6 is 27.3 Å². The largest absolute Gasteiger partial charge is 0.381 e. The van der Waals surface area contributed by atoms with Crippen LogP contribution in [-0.2, 0) is 6.54 Å². The lowest BCUT2D eigenvalue weighted by Gasteiger charge is -1.94. The van der Waals surface area contributed by atoms with Gasteiger partial charge in [-0.05, 0) is 28.1 Å². The van der Waals surface area contributed by atoms with E-state index in [9.17, 15) is 0 Å². The second-order valence-corrected chi connectivity index (χ2v) is 5.05. The molecule has 0 atom stereocenters.